The molecule has 0 aliphatic heterocycles. The number of nitrogens with one attached hydrogen (secondary N) is 4. The normalized spacial score (nSPS) is 13.2. The first kappa shape index (κ1) is 27.8. The number of nitrogens with two attached hydrogens (primary N) is 1. The van der Waals surface area contributed by atoms with Gasteiger partial charge in [0.2, 0.25) is 17.7 Å². The number of carboxylic acids is 3. The second-order valence-electron chi connectivity index (χ2n) is 7.93. The average Bonchev–Trinajstić information content (AvgIpc) is 3.21. The molecule has 14 nitrogen and oxygen atoms in total. The van der Waals surface area contributed by atoms with Crippen molar-refractivity contribution in [3.05, 3.63) is 36.0 Å². The predicted octanol–water partition coefficient (Wildman–Crippen LogP) is -1.45. The van der Waals surface area contributed by atoms with E-state index in [0.717, 1.165) is 10.9 Å². The Morgan fingerprint density at radius 3 is 2.17 bits per heavy atom. The van der Waals surface area contributed by atoms with Crippen molar-refractivity contribution in [1.82, 2.24) is 20.9 Å². The zero-order valence-corrected chi connectivity index (χ0v) is 19.0. The topological polar surface area (TPSA) is 241 Å². The lowest BCUT2D eigenvalue weighted by Gasteiger charge is -2.23. The second-order valence-corrected chi connectivity index (χ2v) is 7.93. The highest BCUT2D eigenvalue weighted by Crippen LogP contribution is 2.19. The zero-order chi connectivity index (χ0) is 26.8. The summed E-state index contributed by atoms with van der Waals surface area (Å²) < 4.78 is 0. The van der Waals surface area contributed by atoms with Crippen LogP contribution < -0.4 is 21.7 Å². The van der Waals surface area contributed by atoms with Crippen LogP contribution in [0.2, 0.25) is 0 Å². The summed E-state index contributed by atoms with van der Waals surface area (Å²) in [6, 6.07) is 2.92. The summed E-state index contributed by atoms with van der Waals surface area (Å²) >= 11 is 0. The number of carboxylic acid groups (broad SMARTS) is 3. The van der Waals surface area contributed by atoms with E-state index in [2.05, 4.69) is 20.9 Å². The van der Waals surface area contributed by atoms with Crippen LogP contribution >= 0.6 is 0 Å². The lowest BCUT2D eigenvalue weighted by atomic mass is 10.0. The maximum atomic E-state index is 13.0. The predicted molar refractivity (Wildman–Crippen MR) is 124 cm³/mol. The summed E-state index contributed by atoms with van der Waals surface area (Å²) in [5.74, 6) is -6.65. The van der Waals surface area contributed by atoms with Crippen LogP contribution in [0.1, 0.15) is 24.8 Å². The molecular formula is C22H27N5O9. The van der Waals surface area contributed by atoms with Gasteiger partial charge in [-0.25, -0.2) is 0 Å². The van der Waals surface area contributed by atoms with Crippen LogP contribution in [0.3, 0.4) is 0 Å². The van der Waals surface area contributed by atoms with Crippen molar-refractivity contribution in [3.8, 4) is 0 Å². The van der Waals surface area contributed by atoms with Gasteiger partial charge in [0.05, 0.1) is 12.5 Å². The van der Waals surface area contributed by atoms with Crippen LogP contribution in [-0.4, -0.2) is 80.6 Å². The Hall–Kier alpha value is -4.46. The van der Waals surface area contributed by atoms with Gasteiger partial charge in [-0.2, -0.15) is 0 Å². The fourth-order valence-corrected chi connectivity index (χ4v) is 3.38. The van der Waals surface area contributed by atoms with E-state index < -0.39 is 73.1 Å². The van der Waals surface area contributed by atoms with E-state index in [1.54, 1.807) is 30.5 Å². The molecule has 194 valence electrons. The van der Waals surface area contributed by atoms with E-state index in [1.807, 2.05) is 0 Å². The Labute approximate surface area is 204 Å². The summed E-state index contributed by atoms with van der Waals surface area (Å²) in [5.41, 5.74) is 6.92. The van der Waals surface area contributed by atoms with Gasteiger partial charge in [0.15, 0.2) is 0 Å². The standard InChI is InChI=1S/C22H27N5O9/c23-13(8-18(30)31)20(34)26-15(5-6-17(28)29)22(36)27-16(21(35)25-10-19(32)33)7-11-9-24-14-4-2-1-3-12(11)14/h1-4,9,13,15-16,24H,5-8,10,23H2,(H,25,35)(H,26,34)(H,27,36)(H,28,29)(H,30,31)(H,32,33). The molecule has 36 heavy (non-hydrogen) atoms. The number of carbonyl (C=O) groups excluding carboxylic acids is 3. The first-order valence-corrected chi connectivity index (χ1v) is 10.8. The van der Waals surface area contributed by atoms with Crippen molar-refractivity contribution in [2.75, 3.05) is 6.54 Å². The number of hydrogen-bond acceptors (Lipinski definition) is 7. The highest BCUT2D eigenvalue weighted by molar-refractivity contribution is 5.95. The molecule has 2 rings (SSSR count). The third-order valence-corrected chi connectivity index (χ3v) is 5.16. The molecule has 2 aromatic rings. The number of benzene rings is 1. The minimum Gasteiger partial charge on any atom is -0.481 e. The third-order valence-electron chi connectivity index (χ3n) is 5.16. The van der Waals surface area contributed by atoms with Crippen molar-refractivity contribution < 1.29 is 44.1 Å². The minimum atomic E-state index is -1.50. The molecule has 3 unspecified atom stereocenters. The van der Waals surface area contributed by atoms with Gasteiger partial charge in [-0.15, -0.1) is 0 Å². The van der Waals surface area contributed by atoms with Crippen LogP contribution in [0.15, 0.2) is 30.5 Å². The lowest BCUT2D eigenvalue weighted by molar-refractivity contribution is -0.140. The molecule has 0 fully saturated rings. The molecular weight excluding hydrogens is 478 g/mol. The molecule has 9 N–H and O–H groups in total. The minimum absolute atomic E-state index is 0.0562. The Kier molecular flexibility index (Phi) is 9.92. The fraction of sp³-hybridized carbons (Fsp3) is 0.364. The molecule has 3 atom stereocenters. The van der Waals surface area contributed by atoms with Gasteiger partial charge >= 0.3 is 17.9 Å². The van der Waals surface area contributed by atoms with Gasteiger partial charge in [-0.05, 0) is 18.1 Å². The number of para-hydroxylation sites is 1. The van der Waals surface area contributed by atoms with Crippen LogP contribution in [0.25, 0.3) is 10.9 Å². The first-order valence-electron chi connectivity index (χ1n) is 10.8. The average molecular weight is 505 g/mol. The number of fused-ring (bicyclic) bond motifs is 1. The molecule has 3 amide bonds. The molecule has 1 aromatic carbocycles. The van der Waals surface area contributed by atoms with Gasteiger partial charge in [0, 0.05) is 29.9 Å². The molecule has 0 aliphatic rings. The van der Waals surface area contributed by atoms with Crippen molar-refractivity contribution >= 4 is 46.5 Å². The van der Waals surface area contributed by atoms with E-state index in [1.165, 1.54) is 0 Å². The van der Waals surface area contributed by atoms with Gasteiger partial charge in [-0.3, -0.25) is 28.8 Å². The molecule has 0 spiro atoms. The van der Waals surface area contributed by atoms with E-state index in [9.17, 15) is 28.8 Å². The van der Waals surface area contributed by atoms with Crippen molar-refractivity contribution in [1.29, 1.82) is 0 Å². The summed E-state index contributed by atoms with van der Waals surface area (Å²) in [6.07, 6.45) is -0.0454. The number of aromatic amines is 1. The zero-order valence-electron chi connectivity index (χ0n) is 19.0. The molecule has 0 saturated carbocycles. The van der Waals surface area contributed by atoms with Gasteiger partial charge in [0.1, 0.15) is 18.6 Å². The summed E-state index contributed by atoms with van der Waals surface area (Å²) in [4.78, 5) is 73.8. The fourth-order valence-electron chi connectivity index (χ4n) is 3.38. The van der Waals surface area contributed by atoms with Gasteiger partial charge in [-0.1, -0.05) is 18.2 Å². The smallest absolute Gasteiger partial charge is 0.322 e. The molecule has 0 bridgehead atoms. The monoisotopic (exact) mass is 505 g/mol. The summed E-state index contributed by atoms with van der Waals surface area (Å²) in [6.45, 7) is -0.706. The number of aromatic nitrogens is 1. The van der Waals surface area contributed by atoms with Crippen molar-refractivity contribution in [2.45, 2.75) is 43.8 Å². The Morgan fingerprint density at radius 2 is 1.53 bits per heavy atom. The summed E-state index contributed by atoms with van der Waals surface area (Å²) in [5, 5.41) is 34.3. The Balaban J connectivity index is 2.25. The van der Waals surface area contributed by atoms with Crippen LogP contribution in [0.4, 0.5) is 0 Å². The quantitative estimate of drug-likeness (QED) is 0.148. The number of H-pyrrole nitrogens is 1. The number of carbonyl (C=O) groups is 6. The van der Waals surface area contributed by atoms with Crippen LogP contribution in [0.5, 0.6) is 0 Å². The van der Waals surface area contributed by atoms with E-state index in [4.69, 9.17) is 21.1 Å². The third kappa shape index (κ3) is 8.39. The number of rotatable bonds is 14. The summed E-state index contributed by atoms with van der Waals surface area (Å²) in [7, 11) is 0. The first-order chi connectivity index (χ1) is 17.0. The molecule has 1 heterocycles. The lowest BCUT2D eigenvalue weighted by Crippen LogP contribution is -2.56. The highest BCUT2D eigenvalue weighted by Gasteiger charge is 2.30. The maximum Gasteiger partial charge on any atom is 0.322 e. The molecule has 0 saturated heterocycles. The van der Waals surface area contributed by atoms with Gasteiger partial charge < -0.3 is 42.0 Å². The largest absolute Gasteiger partial charge is 0.481 e. The molecule has 0 radical (unpaired) electrons. The van der Waals surface area contributed by atoms with Crippen LogP contribution in [0, 0.1) is 0 Å². The van der Waals surface area contributed by atoms with E-state index in [0.29, 0.717) is 5.56 Å². The Bertz CT molecular complexity index is 1150. The van der Waals surface area contributed by atoms with E-state index >= 15 is 0 Å². The molecule has 0 aliphatic carbocycles. The van der Waals surface area contributed by atoms with E-state index in [-0.39, 0.29) is 12.8 Å². The van der Waals surface area contributed by atoms with Crippen LogP contribution in [-0.2, 0) is 35.2 Å². The SMILES string of the molecule is NC(CC(=O)O)C(=O)NC(CCC(=O)O)C(=O)NC(Cc1c[nH]c2ccccc12)C(=O)NCC(=O)O. The highest BCUT2D eigenvalue weighted by atomic mass is 16.4. The maximum absolute atomic E-state index is 13.0. The number of hydrogen-bond donors (Lipinski definition) is 8. The van der Waals surface area contributed by atoms with Gasteiger partial charge in [0.25, 0.3) is 0 Å². The molecule has 1 aromatic heterocycles. The number of aliphatic carboxylic acids is 3. The molecule has 14 heteroatoms. The van der Waals surface area contributed by atoms with Crippen molar-refractivity contribution in [2.24, 2.45) is 5.73 Å². The second kappa shape index (κ2) is 12.9. The Morgan fingerprint density at radius 1 is 0.861 bits per heavy atom. The number of amides is 3. The van der Waals surface area contributed by atoms with Crippen molar-refractivity contribution in [3.63, 3.8) is 0 Å².